The van der Waals surface area contributed by atoms with Crippen molar-refractivity contribution in [1.82, 2.24) is 20.4 Å². The second-order valence-electron chi connectivity index (χ2n) is 6.12. The van der Waals surface area contributed by atoms with Crippen molar-refractivity contribution >= 4 is 29.4 Å². The lowest BCUT2D eigenvalue weighted by Crippen LogP contribution is -2.48. The molecule has 0 radical (unpaired) electrons. The molecular formula is C18H18ClFN4O2. The number of carbonyl (C=O) groups is 1. The van der Waals surface area contributed by atoms with Gasteiger partial charge in [-0.3, -0.25) is 4.79 Å². The summed E-state index contributed by atoms with van der Waals surface area (Å²) in [5.41, 5.74) is 2.35. The average molecular weight is 377 g/mol. The minimum absolute atomic E-state index is 0. The molecule has 0 aliphatic carbocycles. The van der Waals surface area contributed by atoms with Gasteiger partial charge in [-0.1, -0.05) is 17.3 Å². The molecule has 1 fully saturated rings. The Morgan fingerprint density at radius 3 is 3.04 bits per heavy atom. The van der Waals surface area contributed by atoms with Crippen LogP contribution in [0.4, 0.5) is 4.39 Å². The van der Waals surface area contributed by atoms with Crippen molar-refractivity contribution in [3.8, 4) is 0 Å². The van der Waals surface area contributed by atoms with Crippen LogP contribution in [0.2, 0.25) is 0 Å². The lowest BCUT2D eigenvalue weighted by molar-refractivity contribution is 0.0633. The molecule has 3 heterocycles. The van der Waals surface area contributed by atoms with Gasteiger partial charge < -0.3 is 14.7 Å². The van der Waals surface area contributed by atoms with E-state index >= 15 is 0 Å². The Bertz CT molecular complexity index is 946. The van der Waals surface area contributed by atoms with E-state index in [-0.39, 0.29) is 30.2 Å². The van der Waals surface area contributed by atoms with Crippen LogP contribution < -0.4 is 5.32 Å². The van der Waals surface area contributed by atoms with Gasteiger partial charge in [0.15, 0.2) is 0 Å². The summed E-state index contributed by atoms with van der Waals surface area (Å²) in [6, 6.07) is 7.91. The smallest absolute Gasteiger partial charge is 0.257 e. The Morgan fingerprint density at radius 2 is 2.23 bits per heavy atom. The number of nitrogens with one attached hydrogen (secondary N) is 1. The maximum atomic E-state index is 13.6. The van der Waals surface area contributed by atoms with Gasteiger partial charge in [0, 0.05) is 25.8 Å². The molecule has 0 bridgehead atoms. The van der Waals surface area contributed by atoms with E-state index in [2.05, 4.69) is 15.5 Å². The number of piperazine rings is 1. The van der Waals surface area contributed by atoms with Gasteiger partial charge in [-0.2, -0.15) is 0 Å². The lowest BCUT2D eigenvalue weighted by Gasteiger charge is -2.36. The second kappa shape index (κ2) is 7.39. The summed E-state index contributed by atoms with van der Waals surface area (Å²) in [4.78, 5) is 19.0. The first-order chi connectivity index (χ1) is 12.1. The standard InChI is InChI=1S/C18H17FN4O2.ClH/c1-11-15-8-13(9-21-17(15)25-22-11)18(24)23-6-5-20-10-16(23)12-3-2-4-14(19)7-12;/h2-4,7-9,16,20H,5-6,10H2,1H3;1H. The van der Waals surface area contributed by atoms with Crippen LogP contribution in [0.3, 0.4) is 0 Å². The van der Waals surface area contributed by atoms with Gasteiger partial charge in [0.05, 0.1) is 22.7 Å². The number of carbonyl (C=O) groups excluding carboxylic acids is 1. The molecule has 1 amide bonds. The summed E-state index contributed by atoms with van der Waals surface area (Å²) in [6.45, 7) is 3.62. The molecule has 0 saturated carbocycles. The van der Waals surface area contributed by atoms with Gasteiger partial charge in [0.2, 0.25) is 0 Å². The highest BCUT2D eigenvalue weighted by molar-refractivity contribution is 5.97. The van der Waals surface area contributed by atoms with Crippen LogP contribution in [0, 0.1) is 12.7 Å². The summed E-state index contributed by atoms with van der Waals surface area (Å²) < 4.78 is 18.7. The summed E-state index contributed by atoms with van der Waals surface area (Å²) in [7, 11) is 0. The van der Waals surface area contributed by atoms with Crippen molar-refractivity contribution in [2.24, 2.45) is 0 Å². The van der Waals surface area contributed by atoms with E-state index in [4.69, 9.17) is 4.52 Å². The van der Waals surface area contributed by atoms with Crippen LogP contribution in [0.1, 0.15) is 27.7 Å². The Kier molecular flexibility index (Phi) is 5.20. The normalized spacial score (nSPS) is 17.2. The molecule has 2 aromatic heterocycles. The van der Waals surface area contributed by atoms with Gasteiger partial charge in [0.25, 0.3) is 11.6 Å². The topological polar surface area (TPSA) is 71.3 Å². The van der Waals surface area contributed by atoms with Crippen molar-refractivity contribution in [3.05, 3.63) is 59.2 Å². The number of fused-ring (bicyclic) bond motifs is 1. The first-order valence-electron chi connectivity index (χ1n) is 8.12. The molecule has 1 aliphatic rings. The van der Waals surface area contributed by atoms with E-state index in [0.717, 1.165) is 10.9 Å². The van der Waals surface area contributed by atoms with E-state index in [9.17, 15) is 9.18 Å². The van der Waals surface area contributed by atoms with E-state index in [1.807, 2.05) is 13.0 Å². The number of rotatable bonds is 2. The van der Waals surface area contributed by atoms with E-state index < -0.39 is 0 Å². The predicted octanol–water partition coefficient (Wildman–Crippen LogP) is 2.88. The predicted molar refractivity (Wildman–Crippen MR) is 96.8 cm³/mol. The lowest BCUT2D eigenvalue weighted by atomic mass is 10.0. The highest BCUT2D eigenvalue weighted by atomic mass is 35.5. The van der Waals surface area contributed by atoms with Crippen LogP contribution in [-0.2, 0) is 0 Å². The second-order valence-corrected chi connectivity index (χ2v) is 6.12. The van der Waals surface area contributed by atoms with Crippen molar-refractivity contribution in [2.75, 3.05) is 19.6 Å². The van der Waals surface area contributed by atoms with Crippen LogP contribution in [0.25, 0.3) is 11.1 Å². The van der Waals surface area contributed by atoms with Crippen LogP contribution in [0.15, 0.2) is 41.1 Å². The molecule has 1 aliphatic heterocycles. The Labute approximate surface area is 155 Å². The number of hydrogen-bond acceptors (Lipinski definition) is 5. The fourth-order valence-corrected chi connectivity index (χ4v) is 3.19. The third-order valence-corrected chi connectivity index (χ3v) is 4.49. The molecule has 3 aromatic rings. The molecule has 1 unspecified atom stereocenters. The molecule has 6 nitrogen and oxygen atoms in total. The molecule has 26 heavy (non-hydrogen) atoms. The maximum absolute atomic E-state index is 13.6. The van der Waals surface area contributed by atoms with Crippen molar-refractivity contribution in [1.29, 1.82) is 0 Å². The number of nitrogens with zero attached hydrogens (tertiary/aromatic N) is 3. The molecule has 4 rings (SSSR count). The fraction of sp³-hybridized carbons (Fsp3) is 0.278. The molecule has 1 aromatic carbocycles. The molecule has 1 N–H and O–H groups in total. The monoisotopic (exact) mass is 376 g/mol. The van der Waals surface area contributed by atoms with Crippen LogP contribution in [0.5, 0.6) is 0 Å². The third-order valence-electron chi connectivity index (χ3n) is 4.49. The molecule has 1 atom stereocenters. The zero-order valence-electron chi connectivity index (χ0n) is 14.1. The van der Waals surface area contributed by atoms with Crippen molar-refractivity contribution in [2.45, 2.75) is 13.0 Å². The largest absolute Gasteiger partial charge is 0.336 e. The third kappa shape index (κ3) is 3.27. The molecule has 136 valence electrons. The minimum atomic E-state index is -0.307. The van der Waals surface area contributed by atoms with Crippen molar-refractivity contribution < 1.29 is 13.7 Å². The van der Waals surface area contributed by atoms with Gasteiger partial charge in [0.1, 0.15) is 5.82 Å². The first-order valence-corrected chi connectivity index (χ1v) is 8.12. The van der Waals surface area contributed by atoms with Gasteiger partial charge in [-0.25, -0.2) is 9.37 Å². The fourth-order valence-electron chi connectivity index (χ4n) is 3.19. The molecule has 0 spiro atoms. The quantitative estimate of drug-likeness (QED) is 0.744. The number of benzene rings is 1. The van der Waals surface area contributed by atoms with Crippen molar-refractivity contribution in [3.63, 3.8) is 0 Å². The van der Waals surface area contributed by atoms with Crippen LogP contribution in [-0.4, -0.2) is 40.6 Å². The maximum Gasteiger partial charge on any atom is 0.257 e. The highest BCUT2D eigenvalue weighted by Crippen LogP contribution is 2.26. The molecule has 1 saturated heterocycles. The summed E-state index contributed by atoms with van der Waals surface area (Å²) >= 11 is 0. The molecule has 8 heteroatoms. The van der Waals surface area contributed by atoms with E-state index in [1.165, 1.54) is 18.3 Å². The summed E-state index contributed by atoms with van der Waals surface area (Å²) in [5, 5.41) is 7.86. The number of aromatic nitrogens is 2. The summed E-state index contributed by atoms with van der Waals surface area (Å²) in [6.07, 6.45) is 1.50. The van der Waals surface area contributed by atoms with Crippen LogP contribution >= 0.6 is 12.4 Å². The Balaban J connectivity index is 0.00000196. The number of pyridine rings is 1. The average Bonchev–Trinajstić information content (AvgIpc) is 3.01. The highest BCUT2D eigenvalue weighted by Gasteiger charge is 2.29. The van der Waals surface area contributed by atoms with E-state index in [0.29, 0.717) is 36.6 Å². The summed E-state index contributed by atoms with van der Waals surface area (Å²) in [5.74, 6) is -0.440. The molecular weight excluding hydrogens is 359 g/mol. The van der Waals surface area contributed by atoms with E-state index in [1.54, 1.807) is 17.0 Å². The Hall–Kier alpha value is -2.51. The number of aryl methyl sites for hydroxylation is 1. The number of amides is 1. The number of halogens is 2. The zero-order chi connectivity index (χ0) is 17.4. The SMILES string of the molecule is Cc1noc2ncc(C(=O)N3CCNCC3c3cccc(F)c3)cc12.Cl. The number of hydrogen-bond donors (Lipinski definition) is 1. The minimum Gasteiger partial charge on any atom is -0.336 e. The van der Waals surface area contributed by atoms with Gasteiger partial charge >= 0.3 is 0 Å². The van der Waals surface area contributed by atoms with Gasteiger partial charge in [-0.05, 0) is 30.7 Å². The zero-order valence-corrected chi connectivity index (χ0v) is 14.9. The Morgan fingerprint density at radius 1 is 1.38 bits per heavy atom. The first kappa shape index (κ1) is 18.3. The van der Waals surface area contributed by atoms with Gasteiger partial charge in [-0.15, -0.1) is 12.4 Å².